The minimum absolute atomic E-state index is 0.317. The fraction of sp³-hybridized carbons (Fsp3) is 0.263. The predicted molar refractivity (Wildman–Crippen MR) is 104 cm³/mol. The number of nitriles is 1. The van der Waals surface area contributed by atoms with Gasteiger partial charge in [0.15, 0.2) is 5.69 Å². The third kappa shape index (κ3) is 3.87. The zero-order valence-electron chi connectivity index (χ0n) is 15.1. The molecule has 3 rings (SSSR count). The average molecular weight is 401 g/mol. The first-order valence-corrected chi connectivity index (χ1v) is 9.55. The standard InChI is InChI=1S/C19H17ClN4O2S/c1-4-26-19(25)16-10-27-17(22-16)9-24-12(3)18(11(2)23-24)13-5-6-14(8-21)15(20)7-13/h5-7,10H,4,9H2,1-3H3. The first-order valence-electron chi connectivity index (χ1n) is 8.30. The Bertz CT molecular complexity index is 1050. The average Bonchev–Trinajstić information content (AvgIpc) is 3.20. The number of halogens is 1. The van der Waals surface area contributed by atoms with Gasteiger partial charge in [0, 0.05) is 16.6 Å². The smallest absolute Gasteiger partial charge is 0.357 e. The summed E-state index contributed by atoms with van der Waals surface area (Å²) in [6.07, 6.45) is 0. The fourth-order valence-electron chi connectivity index (χ4n) is 2.84. The van der Waals surface area contributed by atoms with Crippen LogP contribution in [0.1, 0.15) is 39.4 Å². The number of aryl methyl sites for hydroxylation is 1. The highest BCUT2D eigenvalue weighted by atomic mass is 35.5. The van der Waals surface area contributed by atoms with Crippen LogP contribution in [0.3, 0.4) is 0 Å². The van der Waals surface area contributed by atoms with Gasteiger partial charge in [-0.05, 0) is 38.5 Å². The largest absolute Gasteiger partial charge is 0.461 e. The summed E-state index contributed by atoms with van der Waals surface area (Å²) >= 11 is 7.57. The second-order valence-corrected chi connectivity index (χ2v) is 7.21. The number of hydrogen-bond acceptors (Lipinski definition) is 6. The van der Waals surface area contributed by atoms with Crippen molar-refractivity contribution in [3.8, 4) is 17.2 Å². The highest BCUT2D eigenvalue weighted by Gasteiger charge is 2.17. The number of aromatic nitrogens is 3. The van der Waals surface area contributed by atoms with Gasteiger partial charge < -0.3 is 4.74 Å². The number of ether oxygens (including phenoxy) is 1. The molecule has 138 valence electrons. The molecule has 0 aliphatic rings. The molecule has 8 heteroatoms. The summed E-state index contributed by atoms with van der Waals surface area (Å²) in [7, 11) is 0. The molecule has 27 heavy (non-hydrogen) atoms. The van der Waals surface area contributed by atoms with Crippen molar-refractivity contribution in [1.29, 1.82) is 5.26 Å². The summed E-state index contributed by atoms with van der Waals surface area (Å²) in [4.78, 5) is 16.1. The number of carbonyl (C=O) groups is 1. The van der Waals surface area contributed by atoms with Crippen molar-refractivity contribution < 1.29 is 9.53 Å². The molecule has 3 aromatic rings. The molecule has 6 nitrogen and oxygen atoms in total. The van der Waals surface area contributed by atoms with Crippen LogP contribution in [0.4, 0.5) is 0 Å². The van der Waals surface area contributed by atoms with Gasteiger partial charge in [0.25, 0.3) is 0 Å². The Morgan fingerprint density at radius 3 is 2.85 bits per heavy atom. The monoisotopic (exact) mass is 400 g/mol. The summed E-state index contributed by atoms with van der Waals surface area (Å²) in [6.45, 7) is 6.44. The molecule has 2 aromatic heterocycles. The molecule has 0 saturated carbocycles. The molecular formula is C19H17ClN4O2S. The van der Waals surface area contributed by atoms with E-state index in [1.807, 2.05) is 24.6 Å². The number of thiazole rings is 1. The predicted octanol–water partition coefficient (Wildman–Crippen LogP) is 4.37. The van der Waals surface area contributed by atoms with Crippen LogP contribution >= 0.6 is 22.9 Å². The molecule has 0 radical (unpaired) electrons. The summed E-state index contributed by atoms with van der Waals surface area (Å²) in [5, 5.41) is 16.5. The topological polar surface area (TPSA) is 80.8 Å². The van der Waals surface area contributed by atoms with Crippen LogP contribution in [-0.2, 0) is 11.3 Å². The molecule has 2 heterocycles. The van der Waals surface area contributed by atoms with E-state index in [2.05, 4.69) is 16.2 Å². The van der Waals surface area contributed by atoms with Gasteiger partial charge in [-0.1, -0.05) is 17.7 Å². The number of nitrogens with zero attached hydrogens (tertiary/aromatic N) is 4. The Labute approximate surface area is 166 Å². The van der Waals surface area contributed by atoms with E-state index < -0.39 is 5.97 Å². The van der Waals surface area contributed by atoms with Crippen LogP contribution < -0.4 is 0 Å². The second kappa shape index (κ2) is 7.91. The second-order valence-electron chi connectivity index (χ2n) is 5.86. The molecule has 0 bridgehead atoms. The van der Waals surface area contributed by atoms with Crippen molar-refractivity contribution in [2.75, 3.05) is 6.61 Å². The molecule has 0 atom stereocenters. The minimum atomic E-state index is -0.415. The number of esters is 1. The van der Waals surface area contributed by atoms with Crippen molar-refractivity contribution in [2.45, 2.75) is 27.3 Å². The van der Waals surface area contributed by atoms with Crippen molar-refractivity contribution in [2.24, 2.45) is 0 Å². The Morgan fingerprint density at radius 1 is 1.41 bits per heavy atom. The van der Waals surface area contributed by atoms with Crippen molar-refractivity contribution in [3.63, 3.8) is 0 Å². The lowest BCUT2D eigenvalue weighted by Crippen LogP contribution is -2.07. The number of carbonyl (C=O) groups excluding carboxylic acids is 1. The molecule has 0 amide bonds. The number of benzene rings is 1. The van der Waals surface area contributed by atoms with E-state index in [1.165, 1.54) is 11.3 Å². The Kier molecular flexibility index (Phi) is 5.59. The first-order chi connectivity index (χ1) is 12.9. The SMILES string of the molecule is CCOC(=O)c1csc(Cn2nc(C)c(-c3ccc(C#N)c(Cl)c3)c2C)n1. The van der Waals surface area contributed by atoms with Gasteiger partial charge in [-0.2, -0.15) is 10.4 Å². The van der Waals surface area contributed by atoms with Crippen LogP contribution in [0, 0.1) is 25.2 Å². The van der Waals surface area contributed by atoms with Gasteiger partial charge in [0.1, 0.15) is 11.1 Å². The molecule has 0 unspecified atom stereocenters. The third-order valence-corrected chi connectivity index (χ3v) is 5.23. The summed E-state index contributed by atoms with van der Waals surface area (Å²) in [5.41, 5.74) is 4.46. The van der Waals surface area contributed by atoms with Gasteiger partial charge >= 0.3 is 5.97 Å². The van der Waals surface area contributed by atoms with E-state index in [4.69, 9.17) is 21.6 Å². The molecule has 1 aromatic carbocycles. The summed E-state index contributed by atoms with van der Waals surface area (Å²) < 4.78 is 6.83. The quantitative estimate of drug-likeness (QED) is 0.594. The Morgan fingerprint density at radius 2 is 2.19 bits per heavy atom. The maximum absolute atomic E-state index is 11.8. The zero-order valence-corrected chi connectivity index (χ0v) is 16.7. The van der Waals surface area contributed by atoms with Gasteiger partial charge in [-0.25, -0.2) is 9.78 Å². The molecule has 0 aliphatic carbocycles. The number of rotatable bonds is 5. The van der Waals surface area contributed by atoms with E-state index in [0.717, 1.165) is 27.5 Å². The fourth-order valence-corrected chi connectivity index (χ4v) is 3.81. The molecule has 0 aliphatic heterocycles. The van der Waals surface area contributed by atoms with Gasteiger partial charge in [-0.15, -0.1) is 11.3 Å². The van der Waals surface area contributed by atoms with Crippen LogP contribution in [0.5, 0.6) is 0 Å². The van der Waals surface area contributed by atoms with Crippen LogP contribution in [-0.4, -0.2) is 27.3 Å². The lowest BCUT2D eigenvalue weighted by Gasteiger charge is -2.05. The molecule has 0 spiro atoms. The number of hydrogen-bond donors (Lipinski definition) is 0. The van der Waals surface area contributed by atoms with E-state index in [-0.39, 0.29) is 0 Å². The van der Waals surface area contributed by atoms with E-state index in [1.54, 1.807) is 24.4 Å². The zero-order chi connectivity index (χ0) is 19.6. The van der Waals surface area contributed by atoms with Crippen LogP contribution in [0.25, 0.3) is 11.1 Å². The maximum atomic E-state index is 11.8. The highest BCUT2D eigenvalue weighted by Crippen LogP contribution is 2.30. The third-order valence-electron chi connectivity index (χ3n) is 4.08. The highest BCUT2D eigenvalue weighted by molar-refractivity contribution is 7.09. The van der Waals surface area contributed by atoms with Crippen molar-refractivity contribution in [3.05, 3.63) is 56.3 Å². The minimum Gasteiger partial charge on any atom is -0.461 e. The van der Waals surface area contributed by atoms with E-state index in [0.29, 0.717) is 29.4 Å². The lowest BCUT2D eigenvalue weighted by atomic mass is 10.0. The van der Waals surface area contributed by atoms with Crippen LogP contribution in [0.15, 0.2) is 23.6 Å². The van der Waals surface area contributed by atoms with Crippen molar-refractivity contribution >= 4 is 28.9 Å². The molecule has 0 fully saturated rings. The van der Waals surface area contributed by atoms with Crippen LogP contribution in [0.2, 0.25) is 5.02 Å². The summed E-state index contributed by atoms with van der Waals surface area (Å²) in [5.74, 6) is -0.415. The first kappa shape index (κ1) is 19.1. The van der Waals surface area contributed by atoms with E-state index in [9.17, 15) is 4.79 Å². The van der Waals surface area contributed by atoms with Gasteiger partial charge in [-0.3, -0.25) is 4.68 Å². The Hall–Kier alpha value is -2.69. The molecule has 0 N–H and O–H groups in total. The molecular weight excluding hydrogens is 384 g/mol. The Balaban J connectivity index is 1.89. The molecule has 0 saturated heterocycles. The van der Waals surface area contributed by atoms with E-state index >= 15 is 0 Å². The van der Waals surface area contributed by atoms with Gasteiger partial charge in [0.05, 0.1) is 29.4 Å². The lowest BCUT2D eigenvalue weighted by molar-refractivity contribution is 0.0520. The summed E-state index contributed by atoms with van der Waals surface area (Å²) in [6, 6.07) is 7.42. The normalized spacial score (nSPS) is 10.6. The van der Waals surface area contributed by atoms with Crippen molar-refractivity contribution in [1.82, 2.24) is 14.8 Å². The maximum Gasteiger partial charge on any atom is 0.357 e. The van der Waals surface area contributed by atoms with Gasteiger partial charge in [0.2, 0.25) is 0 Å².